The molecular weight excluding hydrogens is 374 g/mol. The summed E-state index contributed by atoms with van der Waals surface area (Å²) in [6.07, 6.45) is 20.5. The van der Waals surface area contributed by atoms with E-state index in [4.69, 9.17) is 0 Å². The average Bonchev–Trinajstić information content (AvgIpc) is 2.70. The third kappa shape index (κ3) is 16.6. The summed E-state index contributed by atoms with van der Waals surface area (Å²) < 4.78 is 0. The molecule has 0 radical (unpaired) electrons. The Balaban J connectivity index is 3.73. The van der Waals surface area contributed by atoms with Crippen LogP contribution < -0.4 is 0 Å². The molecule has 0 atom stereocenters. The lowest BCUT2D eigenvalue weighted by Crippen LogP contribution is -2.18. The van der Waals surface area contributed by atoms with Crippen LogP contribution in [0.4, 0.5) is 0 Å². The number of carboxylic acid groups (broad SMARTS) is 1. The topological polar surface area (TPSA) is 57.6 Å². The van der Waals surface area contributed by atoms with E-state index in [1.165, 1.54) is 83.5 Å². The van der Waals surface area contributed by atoms with Crippen molar-refractivity contribution in [1.82, 2.24) is 4.90 Å². The lowest BCUT2D eigenvalue weighted by atomic mass is 9.97. The Morgan fingerprint density at radius 1 is 0.667 bits per heavy atom. The van der Waals surface area contributed by atoms with Crippen molar-refractivity contribution in [3.05, 3.63) is 11.1 Å². The number of carbonyl (C=O) groups excluding carboxylic acids is 1. The van der Waals surface area contributed by atoms with Crippen molar-refractivity contribution in [1.29, 1.82) is 0 Å². The van der Waals surface area contributed by atoms with Crippen LogP contribution in [0.3, 0.4) is 0 Å². The molecule has 1 N–H and O–H groups in total. The van der Waals surface area contributed by atoms with Crippen molar-refractivity contribution in [2.45, 2.75) is 123 Å². The first-order valence-corrected chi connectivity index (χ1v) is 12.5. The van der Waals surface area contributed by atoms with Crippen LogP contribution in [0, 0.1) is 0 Å². The van der Waals surface area contributed by atoms with E-state index in [0.29, 0.717) is 25.0 Å². The van der Waals surface area contributed by atoms with Crippen LogP contribution in [0.2, 0.25) is 0 Å². The Morgan fingerprint density at radius 3 is 1.43 bits per heavy atom. The van der Waals surface area contributed by atoms with Crippen molar-refractivity contribution >= 4 is 11.8 Å². The van der Waals surface area contributed by atoms with Gasteiger partial charge in [-0.3, -0.25) is 4.79 Å². The third-order valence-corrected chi connectivity index (χ3v) is 5.93. The predicted molar refractivity (Wildman–Crippen MR) is 128 cm³/mol. The molecule has 0 unspecified atom stereocenters. The number of unbranched alkanes of at least 4 members (excludes halogenated alkanes) is 14. The zero-order chi connectivity index (χ0) is 22.6. The third-order valence-electron chi connectivity index (χ3n) is 5.93. The fraction of sp³-hybridized carbons (Fsp3) is 0.846. The lowest BCUT2D eigenvalue weighted by molar-refractivity contribution is -0.133. The minimum Gasteiger partial charge on any atom is -0.478 e. The fourth-order valence-electron chi connectivity index (χ4n) is 3.81. The molecule has 0 aromatic rings. The molecule has 0 heterocycles. The second-order valence-electron chi connectivity index (χ2n) is 9.08. The number of ketones is 1. The first-order valence-electron chi connectivity index (χ1n) is 12.5. The second kappa shape index (κ2) is 19.8. The van der Waals surface area contributed by atoms with E-state index < -0.39 is 5.97 Å². The number of nitrogens with zero attached hydrogens (tertiary/aromatic N) is 1. The quantitative estimate of drug-likeness (QED) is 0.157. The van der Waals surface area contributed by atoms with Crippen molar-refractivity contribution in [3.63, 3.8) is 0 Å². The molecule has 4 heteroatoms. The first kappa shape index (κ1) is 28.8. The summed E-state index contributed by atoms with van der Waals surface area (Å²) in [7, 11) is 3.87. The highest BCUT2D eigenvalue weighted by Crippen LogP contribution is 2.17. The molecule has 30 heavy (non-hydrogen) atoms. The van der Waals surface area contributed by atoms with Gasteiger partial charge < -0.3 is 10.0 Å². The maximum atomic E-state index is 12.5. The van der Waals surface area contributed by atoms with Gasteiger partial charge in [0, 0.05) is 24.1 Å². The Morgan fingerprint density at radius 2 is 1.07 bits per heavy atom. The summed E-state index contributed by atoms with van der Waals surface area (Å²) in [5, 5.41) is 9.25. The van der Waals surface area contributed by atoms with Crippen LogP contribution in [0.25, 0.3) is 0 Å². The number of aliphatic carboxylic acids is 1. The van der Waals surface area contributed by atoms with Gasteiger partial charge in [0.15, 0.2) is 5.78 Å². The molecule has 0 amide bonds. The van der Waals surface area contributed by atoms with Gasteiger partial charge in [0.05, 0.1) is 0 Å². The van der Waals surface area contributed by atoms with Crippen LogP contribution in [-0.2, 0) is 9.59 Å². The van der Waals surface area contributed by atoms with E-state index in [1.54, 1.807) is 6.92 Å². The van der Waals surface area contributed by atoms with Crippen LogP contribution in [-0.4, -0.2) is 42.4 Å². The minimum atomic E-state index is -0.978. The van der Waals surface area contributed by atoms with E-state index in [0.717, 1.165) is 12.8 Å². The van der Waals surface area contributed by atoms with Gasteiger partial charge in [0.25, 0.3) is 0 Å². The summed E-state index contributed by atoms with van der Waals surface area (Å²) in [6.45, 7) is 4.52. The molecule has 0 aromatic carbocycles. The molecule has 4 nitrogen and oxygen atoms in total. The summed E-state index contributed by atoms with van der Waals surface area (Å²) in [6, 6.07) is 0. The van der Waals surface area contributed by atoms with Crippen LogP contribution in [0.5, 0.6) is 0 Å². The monoisotopic (exact) mass is 423 g/mol. The predicted octanol–water partition coefficient (Wildman–Crippen LogP) is 7.17. The van der Waals surface area contributed by atoms with Crippen LogP contribution in [0.1, 0.15) is 123 Å². The highest BCUT2D eigenvalue weighted by atomic mass is 16.4. The number of carbonyl (C=O) groups is 2. The molecular formula is C26H49NO3. The maximum absolute atomic E-state index is 12.5. The molecule has 0 aliphatic rings. The molecule has 0 rings (SSSR count). The van der Waals surface area contributed by atoms with Crippen LogP contribution in [0.15, 0.2) is 11.1 Å². The normalized spacial score (nSPS) is 12.3. The highest BCUT2D eigenvalue weighted by Gasteiger charge is 2.16. The summed E-state index contributed by atoms with van der Waals surface area (Å²) >= 11 is 0. The Hall–Kier alpha value is -1.16. The number of Topliss-reactive ketones (excluding diaryl/α,β-unsaturated/α-hetero) is 1. The van der Waals surface area contributed by atoms with Gasteiger partial charge in [-0.25, -0.2) is 4.79 Å². The average molecular weight is 424 g/mol. The zero-order valence-electron chi connectivity index (χ0n) is 20.4. The van der Waals surface area contributed by atoms with Crippen molar-refractivity contribution < 1.29 is 14.7 Å². The van der Waals surface area contributed by atoms with E-state index in [9.17, 15) is 14.7 Å². The molecule has 0 saturated carbocycles. The molecule has 0 aliphatic heterocycles. The maximum Gasteiger partial charge on any atom is 0.331 e. The van der Waals surface area contributed by atoms with Crippen molar-refractivity contribution in [3.8, 4) is 0 Å². The van der Waals surface area contributed by atoms with Gasteiger partial charge in [0.2, 0.25) is 0 Å². The molecule has 176 valence electrons. The Kier molecular flexibility index (Phi) is 19.0. The van der Waals surface area contributed by atoms with E-state index in [-0.39, 0.29) is 11.4 Å². The number of hydrogen-bond acceptors (Lipinski definition) is 3. The Labute approximate surface area is 186 Å². The van der Waals surface area contributed by atoms with Gasteiger partial charge in [-0.2, -0.15) is 0 Å². The largest absolute Gasteiger partial charge is 0.478 e. The number of carboxylic acids is 1. The van der Waals surface area contributed by atoms with E-state index >= 15 is 0 Å². The van der Waals surface area contributed by atoms with Crippen molar-refractivity contribution in [2.24, 2.45) is 0 Å². The van der Waals surface area contributed by atoms with E-state index in [2.05, 4.69) is 6.92 Å². The molecule has 0 aromatic heterocycles. The minimum absolute atomic E-state index is 0.0199. The zero-order valence-corrected chi connectivity index (χ0v) is 20.4. The smallest absolute Gasteiger partial charge is 0.331 e. The molecule has 0 saturated heterocycles. The summed E-state index contributed by atoms with van der Waals surface area (Å²) in [4.78, 5) is 25.8. The summed E-state index contributed by atoms with van der Waals surface area (Å²) in [5.41, 5.74) is 0.712. The fourth-order valence-corrected chi connectivity index (χ4v) is 3.81. The standard InChI is InChI=1S/C26H49NO3/c1-5-6-7-8-9-10-11-12-13-14-15-16-17-18-19-20-25(28)24(21-22-27(3)4)23(2)26(29)30/h5-22H2,1-4H3,(H,29,30). The van der Waals surface area contributed by atoms with Gasteiger partial charge in [-0.05, 0) is 33.9 Å². The van der Waals surface area contributed by atoms with Gasteiger partial charge >= 0.3 is 5.97 Å². The molecule has 0 spiro atoms. The highest BCUT2D eigenvalue weighted by molar-refractivity contribution is 6.02. The first-order chi connectivity index (χ1) is 14.4. The second-order valence-corrected chi connectivity index (χ2v) is 9.08. The van der Waals surface area contributed by atoms with Gasteiger partial charge in [0.1, 0.15) is 0 Å². The Bertz CT molecular complexity index is 483. The van der Waals surface area contributed by atoms with E-state index in [1.807, 2.05) is 19.0 Å². The SMILES string of the molecule is CCCCCCCCCCCCCCCCCC(=O)C(CCN(C)C)=C(C)C(=O)O. The lowest BCUT2D eigenvalue weighted by Gasteiger charge is -2.13. The van der Waals surface area contributed by atoms with Crippen molar-refractivity contribution in [2.75, 3.05) is 20.6 Å². The number of hydrogen-bond donors (Lipinski definition) is 1. The molecule has 0 fully saturated rings. The van der Waals surface area contributed by atoms with Gasteiger partial charge in [-0.15, -0.1) is 0 Å². The molecule has 0 bridgehead atoms. The summed E-state index contributed by atoms with van der Waals surface area (Å²) in [5.74, 6) is -0.958. The van der Waals surface area contributed by atoms with Gasteiger partial charge in [-0.1, -0.05) is 96.8 Å². The molecule has 0 aliphatic carbocycles. The van der Waals surface area contributed by atoms with Crippen LogP contribution >= 0.6 is 0 Å². The number of rotatable bonds is 21.